The van der Waals surface area contributed by atoms with Crippen molar-refractivity contribution in [2.45, 2.75) is 44.0 Å². The van der Waals surface area contributed by atoms with Gasteiger partial charge in [-0.2, -0.15) is 0 Å². The fraction of sp³-hybridized carbons (Fsp3) is 0.909. The highest BCUT2D eigenvalue weighted by atomic mass is 35.5. The number of carbonyl (C=O) groups is 1. The van der Waals surface area contributed by atoms with E-state index in [4.69, 9.17) is 16.3 Å². The summed E-state index contributed by atoms with van der Waals surface area (Å²) in [6, 6.07) is -0.565. The van der Waals surface area contributed by atoms with Crippen LogP contribution in [0.25, 0.3) is 0 Å². The minimum absolute atomic E-state index is 0.144. The Balaban J connectivity index is 2.69. The van der Waals surface area contributed by atoms with Crippen LogP contribution in [0.15, 0.2) is 0 Å². The summed E-state index contributed by atoms with van der Waals surface area (Å²) in [5.41, 5.74) is 0. The van der Waals surface area contributed by atoms with Crippen molar-refractivity contribution in [1.82, 2.24) is 4.90 Å². The molecule has 1 amide bonds. The molecular weight excluding hydrogens is 252 g/mol. The lowest BCUT2D eigenvalue weighted by atomic mass is 10.2. The molecule has 1 aliphatic rings. The molecule has 2 atom stereocenters. The monoisotopic (exact) mass is 269 g/mol. The second-order valence-electron chi connectivity index (χ2n) is 4.22. The standard InChI is InChI=1S/C11H18ClF2NO2/c1-3-9(12)10(16)15-7-11(13,14)5-8(15)6-17-4-2/h8-9H,3-7H2,1-2H3/t8-,9+/m1/s1. The molecule has 0 spiro atoms. The number of carbonyl (C=O) groups excluding carboxylic acids is 1. The summed E-state index contributed by atoms with van der Waals surface area (Å²) in [5, 5.41) is -0.729. The first-order chi connectivity index (χ1) is 7.91. The molecule has 100 valence electrons. The largest absolute Gasteiger partial charge is 0.380 e. The van der Waals surface area contributed by atoms with Crippen LogP contribution in [0.3, 0.4) is 0 Å². The van der Waals surface area contributed by atoms with Gasteiger partial charge in [0, 0.05) is 13.0 Å². The number of ether oxygens (including phenoxy) is 1. The normalized spacial score (nSPS) is 25.0. The Morgan fingerprint density at radius 2 is 2.24 bits per heavy atom. The smallest absolute Gasteiger partial charge is 0.267 e. The van der Waals surface area contributed by atoms with Crippen LogP contribution in [0.4, 0.5) is 8.78 Å². The van der Waals surface area contributed by atoms with E-state index < -0.39 is 29.8 Å². The molecule has 17 heavy (non-hydrogen) atoms. The number of nitrogens with zero attached hydrogens (tertiary/aromatic N) is 1. The van der Waals surface area contributed by atoms with Crippen LogP contribution in [-0.4, -0.2) is 47.9 Å². The van der Waals surface area contributed by atoms with E-state index in [9.17, 15) is 13.6 Å². The number of amides is 1. The van der Waals surface area contributed by atoms with Gasteiger partial charge in [-0.05, 0) is 13.3 Å². The Kier molecular flexibility index (Phi) is 5.13. The Bertz CT molecular complexity index is 276. The van der Waals surface area contributed by atoms with Gasteiger partial charge < -0.3 is 9.64 Å². The highest BCUT2D eigenvalue weighted by Crippen LogP contribution is 2.33. The van der Waals surface area contributed by atoms with Crippen molar-refractivity contribution in [3.63, 3.8) is 0 Å². The van der Waals surface area contributed by atoms with Crippen molar-refractivity contribution < 1.29 is 18.3 Å². The highest BCUT2D eigenvalue weighted by molar-refractivity contribution is 6.30. The van der Waals surface area contributed by atoms with Gasteiger partial charge in [0.25, 0.3) is 5.92 Å². The minimum Gasteiger partial charge on any atom is -0.380 e. The molecule has 1 aliphatic heterocycles. The molecule has 6 heteroatoms. The molecule has 0 bridgehead atoms. The van der Waals surface area contributed by atoms with Crippen molar-refractivity contribution >= 4 is 17.5 Å². The lowest BCUT2D eigenvalue weighted by Gasteiger charge is -2.25. The van der Waals surface area contributed by atoms with Gasteiger partial charge in [-0.25, -0.2) is 8.78 Å². The van der Waals surface area contributed by atoms with Gasteiger partial charge in [0.1, 0.15) is 5.38 Å². The van der Waals surface area contributed by atoms with E-state index in [1.165, 1.54) is 0 Å². The maximum absolute atomic E-state index is 13.3. The number of rotatable bonds is 5. The SMILES string of the molecule is CCOC[C@H]1CC(F)(F)CN1C(=O)[C@@H](Cl)CC. The van der Waals surface area contributed by atoms with E-state index in [0.29, 0.717) is 13.0 Å². The molecular formula is C11H18ClF2NO2. The van der Waals surface area contributed by atoms with Gasteiger partial charge in [0.2, 0.25) is 5.91 Å². The van der Waals surface area contributed by atoms with Gasteiger partial charge in [-0.3, -0.25) is 4.79 Å². The molecule has 1 saturated heterocycles. The third-order valence-corrected chi connectivity index (χ3v) is 3.30. The molecule has 0 aromatic rings. The summed E-state index contributed by atoms with van der Waals surface area (Å²) in [5.74, 6) is -3.25. The number of halogens is 3. The third-order valence-electron chi connectivity index (χ3n) is 2.80. The maximum atomic E-state index is 13.3. The lowest BCUT2D eigenvalue weighted by Crippen LogP contribution is -2.42. The van der Waals surface area contributed by atoms with E-state index in [-0.39, 0.29) is 13.0 Å². The number of hydrogen-bond donors (Lipinski definition) is 0. The van der Waals surface area contributed by atoms with Crippen LogP contribution in [0.5, 0.6) is 0 Å². The van der Waals surface area contributed by atoms with Crippen molar-refractivity contribution in [2.75, 3.05) is 19.8 Å². The van der Waals surface area contributed by atoms with Crippen LogP contribution in [0, 0.1) is 0 Å². The van der Waals surface area contributed by atoms with E-state index in [1.54, 1.807) is 13.8 Å². The predicted octanol–water partition coefficient (Wildman–Crippen LogP) is 2.28. The number of alkyl halides is 3. The molecule has 0 unspecified atom stereocenters. The molecule has 0 radical (unpaired) electrons. The minimum atomic E-state index is -2.83. The average molecular weight is 270 g/mol. The summed E-state index contributed by atoms with van der Waals surface area (Å²) < 4.78 is 31.7. The van der Waals surface area contributed by atoms with E-state index >= 15 is 0 Å². The number of hydrogen-bond acceptors (Lipinski definition) is 2. The Labute approximate surface area is 105 Å². The lowest BCUT2D eigenvalue weighted by molar-refractivity contribution is -0.133. The summed E-state index contributed by atoms with van der Waals surface area (Å²) in [6.45, 7) is 3.58. The van der Waals surface area contributed by atoms with Crippen LogP contribution in [0.1, 0.15) is 26.7 Å². The fourth-order valence-corrected chi connectivity index (χ4v) is 2.04. The van der Waals surface area contributed by atoms with Gasteiger partial charge in [-0.1, -0.05) is 6.92 Å². The van der Waals surface area contributed by atoms with Crippen molar-refractivity contribution in [3.8, 4) is 0 Å². The molecule has 0 N–H and O–H groups in total. The van der Waals surface area contributed by atoms with Crippen molar-refractivity contribution in [3.05, 3.63) is 0 Å². The zero-order valence-electron chi connectivity index (χ0n) is 10.1. The molecule has 0 aliphatic carbocycles. The topological polar surface area (TPSA) is 29.5 Å². The van der Waals surface area contributed by atoms with Crippen molar-refractivity contribution in [2.24, 2.45) is 0 Å². The van der Waals surface area contributed by atoms with Crippen LogP contribution >= 0.6 is 11.6 Å². The van der Waals surface area contributed by atoms with Gasteiger partial charge in [0.15, 0.2) is 0 Å². The van der Waals surface area contributed by atoms with E-state index in [0.717, 1.165) is 4.90 Å². The summed E-state index contributed by atoms with van der Waals surface area (Å²) in [6.07, 6.45) is 0.0931. The second kappa shape index (κ2) is 5.96. The Morgan fingerprint density at radius 1 is 1.59 bits per heavy atom. The third kappa shape index (κ3) is 3.78. The van der Waals surface area contributed by atoms with Gasteiger partial charge >= 0.3 is 0 Å². The first-order valence-electron chi connectivity index (χ1n) is 5.81. The van der Waals surface area contributed by atoms with E-state index in [2.05, 4.69) is 0 Å². The molecule has 0 saturated carbocycles. The summed E-state index contributed by atoms with van der Waals surface area (Å²) in [4.78, 5) is 13.0. The first-order valence-corrected chi connectivity index (χ1v) is 6.25. The molecule has 0 aromatic heterocycles. The van der Waals surface area contributed by atoms with Crippen LogP contribution < -0.4 is 0 Å². The zero-order valence-corrected chi connectivity index (χ0v) is 10.8. The molecule has 3 nitrogen and oxygen atoms in total. The first kappa shape index (κ1) is 14.6. The Hall–Kier alpha value is -0.420. The summed E-state index contributed by atoms with van der Waals surface area (Å²) in [7, 11) is 0. The van der Waals surface area contributed by atoms with Crippen molar-refractivity contribution in [1.29, 1.82) is 0 Å². The molecule has 1 heterocycles. The van der Waals surface area contributed by atoms with E-state index in [1.807, 2.05) is 0 Å². The predicted molar refractivity (Wildman–Crippen MR) is 61.5 cm³/mol. The number of likely N-dealkylation sites (tertiary alicyclic amines) is 1. The van der Waals surface area contributed by atoms with Gasteiger partial charge in [0.05, 0.1) is 19.2 Å². The summed E-state index contributed by atoms with van der Waals surface area (Å²) >= 11 is 5.81. The van der Waals surface area contributed by atoms with Crippen LogP contribution in [-0.2, 0) is 9.53 Å². The average Bonchev–Trinajstić information content (AvgIpc) is 2.59. The van der Waals surface area contributed by atoms with Crippen LogP contribution in [0.2, 0.25) is 0 Å². The highest BCUT2D eigenvalue weighted by Gasteiger charge is 2.47. The maximum Gasteiger partial charge on any atom is 0.267 e. The fourth-order valence-electron chi connectivity index (χ4n) is 1.91. The molecule has 0 aromatic carbocycles. The molecule has 1 fully saturated rings. The second-order valence-corrected chi connectivity index (χ2v) is 4.74. The quantitative estimate of drug-likeness (QED) is 0.717. The van der Waals surface area contributed by atoms with Gasteiger partial charge in [-0.15, -0.1) is 11.6 Å². The molecule has 1 rings (SSSR count). The Morgan fingerprint density at radius 3 is 2.76 bits per heavy atom. The zero-order chi connectivity index (χ0) is 13.1.